The Bertz CT molecular complexity index is 1010. The molecule has 2 aliphatic rings. The normalized spacial score (nSPS) is 24.2. The fraction of sp³-hybridized carbons (Fsp3) is 0.556. The molecule has 166 valence electrons. The smallest absolute Gasteiger partial charge is 0.411 e. The number of benzene rings is 1. The number of methoxy groups -OCH3 is 1. The van der Waals surface area contributed by atoms with E-state index < -0.39 is 37.9 Å². The zero-order valence-electron chi connectivity index (χ0n) is 16.5. The lowest BCUT2D eigenvalue weighted by Gasteiger charge is -2.31. The number of amides is 2. The second-order valence-corrected chi connectivity index (χ2v) is 11.6. The molecule has 10 nitrogen and oxygen atoms in total. The third-order valence-electron chi connectivity index (χ3n) is 5.26. The Labute approximate surface area is 175 Å². The monoisotopic (exact) mass is 459 g/mol. The third kappa shape index (κ3) is 5.29. The van der Waals surface area contributed by atoms with E-state index in [9.17, 15) is 26.4 Å². The first kappa shape index (κ1) is 22.5. The van der Waals surface area contributed by atoms with Crippen LogP contribution in [0.4, 0.5) is 10.5 Å². The van der Waals surface area contributed by atoms with Crippen LogP contribution in [0.2, 0.25) is 0 Å². The van der Waals surface area contributed by atoms with Gasteiger partial charge in [0.15, 0.2) is 9.84 Å². The number of rotatable bonds is 5. The summed E-state index contributed by atoms with van der Waals surface area (Å²) in [6.45, 7) is 0.335. The van der Waals surface area contributed by atoms with Gasteiger partial charge in [-0.1, -0.05) is 0 Å². The maximum Gasteiger partial charge on any atom is 0.411 e. The topological polar surface area (TPSA) is 139 Å². The second-order valence-electron chi connectivity index (χ2n) is 7.45. The number of sulfonamides is 1. The quantitative estimate of drug-likeness (QED) is 0.656. The van der Waals surface area contributed by atoms with E-state index in [1.807, 2.05) is 0 Å². The molecule has 0 bridgehead atoms. The van der Waals surface area contributed by atoms with Crippen LogP contribution in [0.1, 0.15) is 19.3 Å². The molecule has 1 aromatic carbocycles. The Morgan fingerprint density at radius 1 is 1.17 bits per heavy atom. The first-order valence-electron chi connectivity index (χ1n) is 9.57. The van der Waals surface area contributed by atoms with E-state index in [2.05, 4.69) is 15.4 Å². The number of ether oxygens (including phenoxy) is 1. The molecule has 0 radical (unpaired) electrons. The SMILES string of the molecule is COC(=O)Nc1ccc(S(=O)(=O)N2CCC[C@H](C(=O)N[C@H]3CCS(=O)(=O)C3)C2)cc1. The van der Waals surface area contributed by atoms with Gasteiger partial charge in [0.05, 0.1) is 29.4 Å². The summed E-state index contributed by atoms with van der Waals surface area (Å²) in [6.07, 6.45) is 0.793. The van der Waals surface area contributed by atoms with Crippen LogP contribution in [-0.4, -0.2) is 70.9 Å². The molecule has 3 rings (SSSR count). The summed E-state index contributed by atoms with van der Waals surface area (Å²) < 4.78 is 54.9. The van der Waals surface area contributed by atoms with Crippen LogP contribution in [0.25, 0.3) is 0 Å². The molecule has 2 saturated heterocycles. The lowest BCUT2D eigenvalue weighted by molar-refractivity contribution is -0.126. The Kier molecular flexibility index (Phi) is 6.68. The van der Waals surface area contributed by atoms with Crippen LogP contribution in [0.15, 0.2) is 29.2 Å². The number of anilines is 1. The van der Waals surface area contributed by atoms with Crippen LogP contribution in [0.5, 0.6) is 0 Å². The molecule has 2 atom stereocenters. The zero-order chi connectivity index (χ0) is 21.9. The molecule has 2 N–H and O–H groups in total. The standard InChI is InChI=1S/C18H25N3O7S2/c1-28-18(23)20-14-4-6-16(7-5-14)30(26,27)21-9-2-3-13(11-21)17(22)19-15-8-10-29(24,25)12-15/h4-7,13,15H,2-3,8-12H2,1H3,(H,19,22)(H,20,23)/t13-,15-/m0/s1. The van der Waals surface area contributed by atoms with Crippen molar-refractivity contribution in [2.75, 3.05) is 37.0 Å². The highest BCUT2D eigenvalue weighted by atomic mass is 32.2. The molecule has 2 amide bonds. The van der Waals surface area contributed by atoms with Gasteiger partial charge < -0.3 is 10.1 Å². The molecule has 0 spiro atoms. The van der Waals surface area contributed by atoms with Crippen LogP contribution in [0, 0.1) is 5.92 Å². The van der Waals surface area contributed by atoms with E-state index in [4.69, 9.17) is 0 Å². The van der Waals surface area contributed by atoms with Gasteiger partial charge in [-0.05, 0) is 43.5 Å². The maximum atomic E-state index is 13.0. The number of hydrogen-bond acceptors (Lipinski definition) is 7. The molecule has 30 heavy (non-hydrogen) atoms. The molecule has 0 saturated carbocycles. The number of nitrogens with one attached hydrogen (secondary N) is 2. The van der Waals surface area contributed by atoms with Gasteiger partial charge in [-0.2, -0.15) is 4.31 Å². The molecule has 0 aromatic heterocycles. The van der Waals surface area contributed by atoms with Crippen molar-refractivity contribution in [1.82, 2.24) is 9.62 Å². The highest BCUT2D eigenvalue weighted by molar-refractivity contribution is 7.91. The Morgan fingerprint density at radius 3 is 2.47 bits per heavy atom. The predicted octanol–water partition coefficient (Wildman–Crippen LogP) is 0.569. The van der Waals surface area contributed by atoms with Crippen molar-refractivity contribution in [3.05, 3.63) is 24.3 Å². The maximum absolute atomic E-state index is 13.0. The molecule has 2 aliphatic heterocycles. The summed E-state index contributed by atoms with van der Waals surface area (Å²) in [5, 5.41) is 5.20. The summed E-state index contributed by atoms with van der Waals surface area (Å²) in [5.74, 6) is -0.852. The summed E-state index contributed by atoms with van der Waals surface area (Å²) in [4.78, 5) is 23.9. The Hall–Kier alpha value is -2.18. The van der Waals surface area contributed by atoms with Gasteiger partial charge in [0.25, 0.3) is 0 Å². The van der Waals surface area contributed by atoms with E-state index in [0.717, 1.165) is 0 Å². The Morgan fingerprint density at radius 2 is 1.87 bits per heavy atom. The van der Waals surface area contributed by atoms with Crippen LogP contribution in [-0.2, 0) is 29.4 Å². The molecule has 2 fully saturated rings. The first-order valence-corrected chi connectivity index (χ1v) is 12.8. The first-order chi connectivity index (χ1) is 14.1. The second kappa shape index (κ2) is 8.90. The van der Waals surface area contributed by atoms with Gasteiger partial charge in [-0.3, -0.25) is 10.1 Å². The number of piperidine rings is 1. The van der Waals surface area contributed by atoms with Crippen LogP contribution >= 0.6 is 0 Å². The fourth-order valence-electron chi connectivity index (χ4n) is 3.63. The lowest BCUT2D eigenvalue weighted by atomic mass is 9.98. The average Bonchev–Trinajstić information content (AvgIpc) is 3.06. The summed E-state index contributed by atoms with van der Waals surface area (Å²) >= 11 is 0. The summed E-state index contributed by atoms with van der Waals surface area (Å²) in [6, 6.07) is 5.27. The van der Waals surface area contributed by atoms with E-state index in [0.29, 0.717) is 31.5 Å². The molecule has 2 heterocycles. The molecule has 1 aromatic rings. The molecular formula is C18H25N3O7S2. The van der Waals surface area contributed by atoms with Crippen LogP contribution in [0.3, 0.4) is 0 Å². The largest absolute Gasteiger partial charge is 0.453 e. The van der Waals surface area contributed by atoms with Crippen molar-refractivity contribution in [3.8, 4) is 0 Å². The summed E-state index contributed by atoms with van der Waals surface area (Å²) in [7, 11) is -5.70. The van der Waals surface area contributed by atoms with E-state index in [1.165, 1.54) is 35.7 Å². The van der Waals surface area contributed by atoms with Gasteiger partial charge in [0.2, 0.25) is 15.9 Å². The van der Waals surface area contributed by atoms with Gasteiger partial charge >= 0.3 is 6.09 Å². The van der Waals surface area contributed by atoms with Crippen molar-refractivity contribution in [1.29, 1.82) is 0 Å². The van der Waals surface area contributed by atoms with E-state index >= 15 is 0 Å². The van der Waals surface area contributed by atoms with Gasteiger partial charge in [-0.25, -0.2) is 21.6 Å². The fourth-order valence-corrected chi connectivity index (χ4v) is 6.83. The van der Waals surface area contributed by atoms with E-state index in [-0.39, 0.29) is 28.9 Å². The van der Waals surface area contributed by atoms with Crippen molar-refractivity contribution < 1.29 is 31.2 Å². The highest BCUT2D eigenvalue weighted by Crippen LogP contribution is 2.25. The Balaban J connectivity index is 1.65. The lowest BCUT2D eigenvalue weighted by Crippen LogP contribution is -2.47. The van der Waals surface area contributed by atoms with Gasteiger partial charge in [-0.15, -0.1) is 0 Å². The predicted molar refractivity (Wildman–Crippen MR) is 109 cm³/mol. The van der Waals surface area contributed by atoms with Crippen LogP contribution < -0.4 is 10.6 Å². The third-order valence-corrected chi connectivity index (χ3v) is 8.90. The zero-order valence-corrected chi connectivity index (χ0v) is 18.2. The van der Waals surface area contributed by atoms with Gasteiger partial charge in [0, 0.05) is 24.8 Å². The van der Waals surface area contributed by atoms with Crippen molar-refractivity contribution >= 4 is 37.5 Å². The highest BCUT2D eigenvalue weighted by Gasteiger charge is 2.35. The van der Waals surface area contributed by atoms with E-state index in [1.54, 1.807) is 0 Å². The number of hydrogen-bond donors (Lipinski definition) is 2. The number of carbonyl (C=O) groups is 2. The molecule has 0 aliphatic carbocycles. The number of carbonyl (C=O) groups excluding carboxylic acids is 2. The summed E-state index contributed by atoms with van der Waals surface area (Å²) in [5.41, 5.74) is 0.392. The van der Waals surface area contributed by atoms with Crippen molar-refractivity contribution in [3.63, 3.8) is 0 Å². The number of sulfone groups is 1. The minimum Gasteiger partial charge on any atom is -0.453 e. The number of nitrogens with zero attached hydrogens (tertiary/aromatic N) is 1. The molecule has 12 heteroatoms. The van der Waals surface area contributed by atoms with Crippen molar-refractivity contribution in [2.24, 2.45) is 5.92 Å². The molecular weight excluding hydrogens is 434 g/mol. The minimum absolute atomic E-state index is 0.0375. The average molecular weight is 460 g/mol. The molecule has 0 unspecified atom stereocenters. The minimum atomic E-state index is -3.81. The van der Waals surface area contributed by atoms with Gasteiger partial charge in [0.1, 0.15) is 0 Å². The van der Waals surface area contributed by atoms with Crippen molar-refractivity contribution in [2.45, 2.75) is 30.2 Å².